The predicted octanol–water partition coefficient (Wildman–Crippen LogP) is 3.01. The molecule has 1 aromatic rings. The second-order valence-electron chi connectivity index (χ2n) is 6.59. The molecule has 1 aliphatic heterocycles. The van der Waals surface area contributed by atoms with Gasteiger partial charge in [0.05, 0.1) is 13.2 Å². The zero-order valence-corrected chi connectivity index (χ0v) is 19.0. The van der Waals surface area contributed by atoms with Gasteiger partial charge < -0.3 is 19.9 Å². The minimum atomic E-state index is -4.31. The Labute approximate surface area is 186 Å². The first-order valence-corrected chi connectivity index (χ1v) is 9.29. The quantitative estimate of drug-likeness (QED) is 0.351. The minimum Gasteiger partial charge on any atom is -0.367 e. The Balaban J connectivity index is 0.00000420. The van der Waals surface area contributed by atoms with E-state index in [0.29, 0.717) is 25.2 Å². The number of aliphatic imine (C=N–C) groups is 1. The van der Waals surface area contributed by atoms with Crippen LogP contribution in [0.5, 0.6) is 0 Å². The third-order valence-electron chi connectivity index (χ3n) is 4.33. The number of nitrogens with one attached hydrogen (secondary N) is 1. The van der Waals surface area contributed by atoms with Crippen LogP contribution in [0.25, 0.3) is 0 Å². The normalized spacial score (nSPS) is 15.1. The first-order chi connectivity index (χ1) is 13.3. The van der Waals surface area contributed by atoms with E-state index in [1.807, 2.05) is 24.0 Å². The Morgan fingerprint density at radius 1 is 1.10 bits per heavy atom. The molecule has 0 saturated carbocycles. The van der Waals surface area contributed by atoms with Crippen molar-refractivity contribution in [2.24, 2.45) is 4.99 Å². The Kier molecular flexibility index (Phi) is 10.7. The standard InChI is InChI=1S/C19H27F3N4O2.HI/c1-3-23-18(26-10-8-25(9-11-26)15(2)27)24-12-16-4-6-17(7-5-16)13-28-14-19(20,21)22;/h4-7H,3,8-14H2,1-2H3,(H,23,24);1H. The van der Waals surface area contributed by atoms with Gasteiger partial charge in [-0.25, -0.2) is 4.99 Å². The lowest BCUT2D eigenvalue weighted by Crippen LogP contribution is -2.53. The molecule has 0 unspecified atom stereocenters. The lowest BCUT2D eigenvalue weighted by molar-refractivity contribution is -0.176. The number of ether oxygens (including phenoxy) is 1. The Morgan fingerprint density at radius 3 is 2.17 bits per heavy atom. The zero-order chi connectivity index (χ0) is 20.6. The highest BCUT2D eigenvalue weighted by atomic mass is 127. The van der Waals surface area contributed by atoms with Gasteiger partial charge in [-0.15, -0.1) is 24.0 Å². The van der Waals surface area contributed by atoms with E-state index in [-0.39, 0.29) is 36.5 Å². The number of hydrogen-bond donors (Lipinski definition) is 1. The highest BCUT2D eigenvalue weighted by molar-refractivity contribution is 14.0. The Hall–Kier alpha value is -1.56. The Morgan fingerprint density at radius 2 is 1.66 bits per heavy atom. The molecular weight excluding hydrogens is 500 g/mol. The number of guanidine groups is 1. The van der Waals surface area contributed by atoms with Gasteiger partial charge in [0.2, 0.25) is 5.91 Å². The molecule has 10 heteroatoms. The maximum Gasteiger partial charge on any atom is 0.411 e. The molecule has 2 rings (SSSR count). The molecule has 0 aliphatic carbocycles. The Bertz CT molecular complexity index is 660. The van der Waals surface area contributed by atoms with Gasteiger partial charge >= 0.3 is 6.18 Å². The topological polar surface area (TPSA) is 57.2 Å². The van der Waals surface area contributed by atoms with E-state index in [0.717, 1.165) is 31.2 Å². The van der Waals surface area contributed by atoms with Crippen LogP contribution in [-0.2, 0) is 22.7 Å². The van der Waals surface area contributed by atoms with Crippen molar-refractivity contribution in [2.75, 3.05) is 39.3 Å². The molecule has 1 aromatic carbocycles. The second kappa shape index (κ2) is 12.2. The minimum absolute atomic E-state index is 0. The van der Waals surface area contributed by atoms with Crippen LogP contribution >= 0.6 is 24.0 Å². The van der Waals surface area contributed by atoms with E-state index < -0.39 is 12.8 Å². The second-order valence-corrected chi connectivity index (χ2v) is 6.59. The molecule has 0 radical (unpaired) electrons. The summed E-state index contributed by atoms with van der Waals surface area (Å²) in [5.74, 6) is 0.879. The molecule has 1 saturated heterocycles. The summed E-state index contributed by atoms with van der Waals surface area (Å²) in [4.78, 5) is 20.0. The summed E-state index contributed by atoms with van der Waals surface area (Å²) in [5, 5.41) is 3.27. The highest BCUT2D eigenvalue weighted by Gasteiger charge is 2.27. The number of carbonyl (C=O) groups is 1. The number of benzene rings is 1. The molecule has 1 heterocycles. The number of halogens is 4. The number of hydrogen-bond acceptors (Lipinski definition) is 3. The number of alkyl halides is 3. The largest absolute Gasteiger partial charge is 0.411 e. The van der Waals surface area contributed by atoms with Gasteiger partial charge in [-0.1, -0.05) is 24.3 Å². The van der Waals surface area contributed by atoms with Gasteiger partial charge in [0, 0.05) is 39.6 Å². The van der Waals surface area contributed by atoms with E-state index in [1.165, 1.54) is 0 Å². The van der Waals surface area contributed by atoms with E-state index in [1.54, 1.807) is 19.1 Å². The molecule has 29 heavy (non-hydrogen) atoms. The van der Waals surface area contributed by atoms with E-state index in [2.05, 4.69) is 19.9 Å². The monoisotopic (exact) mass is 528 g/mol. The zero-order valence-electron chi connectivity index (χ0n) is 16.7. The van der Waals surface area contributed by atoms with Crippen molar-refractivity contribution in [1.29, 1.82) is 0 Å². The molecule has 0 bridgehead atoms. The molecule has 1 fully saturated rings. The van der Waals surface area contributed by atoms with Crippen LogP contribution in [0.4, 0.5) is 13.2 Å². The molecule has 1 N–H and O–H groups in total. The van der Waals surface area contributed by atoms with Crippen LogP contribution in [-0.4, -0.2) is 67.2 Å². The fraction of sp³-hybridized carbons (Fsp3) is 0.579. The van der Waals surface area contributed by atoms with Gasteiger partial charge in [-0.3, -0.25) is 4.79 Å². The van der Waals surface area contributed by atoms with Crippen LogP contribution < -0.4 is 5.32 Å². The highest BCUT2D eigenvalue weighted by Crippen LogP contribution is 2.16. The van der Waals surface area contributed by atoms with Crippen LogP contribution in [0.3, 0.4) is 0 Å². The lowest BCUT2D eigenvalue weighted by Gasteiger charge is -2.36. The summed E-state index contributed by atoms with van der Waals surface area (Å²) in [7, 11) is 0. The molecule has 0 spiro atoms. The van der Waals surface area contributed by atoms with Crippen LogP contribution in [0.1, 0.15) is 25.0 Å². The van der Waals surface area contributed by atoms with E-state index in [4.69, 9.17) is 0 Å². The number of piperazine rings is 1. The molecule has 1 aliphatic rings. The van der Waals surface area contributed by atoms with Gasteiger partial charge in [0.25, 0.3) is 0 Å². The smallest absolute Gasteiger partial charge is 0.367 e. The fourth-order valence-electron chi connectivity index (χ4n) is 2.85. The third-order valence-corrected chi connectivity index (χ3v) is 4.33. The summed E-state index contributed by atoms with van der Waals surface area (Å²) >= 11 is 0. The number of carbonyl (C=O) groups excluding carboxylic acids is 1. The van der Waals surface area contributed by atoms with Crippen molar-refractivity contribution in [3.63, 3.8) is 0 Å². The fourth-order valence-corrected chi connectivity index (χ4v) is 2.85. The molecule has 0 atom stereocenters. The summed E-state index contributed by atoms with van der Waals surface area (Å²) in [5.41, 5.74) is 1.64. The molecular formula is C19H28F3IN4O2. The predicted molar refractivity (Wildman–Crippen MR) is 116 cm³/mol. The number of rotatable bonds is 6. The maximum atomic E-state index is 12.1. The molecule has 164 valence electrons. The summed E-state index contributed by atoms with van der Waals surface area (Å²) in [6.07, 6.45) is -4.31. The molecule has 1 amide bonds. The average molecular weight is 528 g/mol. The first-order valence-electron chi connectivity index (χ1n) is 9.29. The van der Waals surface area contributed by atoms with Crippen molar-refractivity contribution in [1.82, 2.24) is 15.1 Å². The average Bonchev–Trinajstić information content (AvgIpc) is 2.65. The molecule has 0 aromatic heterocycles. The van der Waals surface area contributed by atoms with Crippen LogP contribution in [0.15, 0.2) is 29.3 Å². The summed E-state index contributed by atoms with van der Waals surface area (Å²) in [6.45, 7) is 6.23. The summed E-state index contributed by atoms with van der Waals surface area (Å²) < 4.78 is 41.0. The summed E-state index contributed by atoms with van der Waals surface area (Å²) in [6, 6.07) is 7.18. The third kappa shape index (κ3) is 9.20. The SMILES string of the molecule is CCNC(=NCc1ccc(COCC(F)(F)F)cc1)N1CCN(C(C)=O)CC1.I. The van der Waals surface area contributed by atoms with Crippen molar-refractivity contribution in [3.05, 3.63) is 35.4 Å². The van der Waals surface area contributed by atoms with Gasteiger partial charge in [0.1, 0.15) is 6.61 Å². The van der Waals surface area contributed by atoms with Gasteiger partial charge in [-0.05, 0) is 18.1 Å². The number of nitrogens with zero attached hydrogens (tertiary/aromatic N) is 3. The lowest BCUT2D eigenvalue weighted by atomic mass is 10.1. The van der Waals surface area contributed by atoms with Crippen molar-refractivity contribution in [3.8, 4) is 0 Å². The van der Waals surface area contributed by atoms with Gasteiger partial charge in [0.15, 0.2) is 5.96 Å². The van der Waals surface area contributed by atoms with Crippen molar-refractivity contribution in [2.45, 2.75) is 33.2 Å². The van der Waals surface area contributed by atoms with E-state index in [9.17, 15) is 18.0 Å². The number of amides is 1. The van der Waals surface area contributed by atoms with E-state index >= 15 is 0 Å². The molecule has 6 nitrogen and oxygen atoms in total. The first kappa shape index (κ1) is 25.5. The van der Waals surface area contributed by atoms with Crippen molar-refractivity contribution >= 4 is 35.8 Å². The van der Waals surface area contributed by atoms with Crippen LogP contribution in [0.2, 0.25) is 0 Å². The van der Waals surface area contributed by atoms with Crippen molar-refractivity contribution < 1.29 is 22.7 Å². The maximum absolute atomic E-state index is 12.1. The van der Waals surface area contributed by atoms with Gasteiger partial charge in [-0.2, -0.15) is 13.2 Å². The van der Waals surface area contributed by atoms with Crippen LogP contribution in [0, 0.1) is 0 Å².